The molecule has 1 aromatic heterocycles. The van der Waals surface area contributed by atoms with E-state index in [0.717, 1.165) is 12.8 Å². The second kappa shape index (κ2) is 4.23. The van der Waals surface area contributed by atoms with E-state index in [9.17, 15) is 8.42 Å². The highest BCUT2D eigenvalue weighted by Gasteiger charge is 2.60. The first-order chi connectivity index (χ1) is 9.58. The van der Waals surface area contributed by atoms with Crippen LogP contribution in [0.2, 0.25) is 0 Å². The minimum absolute atomic E-state index is 0.0343. The summed E-state index contributed by atoms with van der Waals surface area (Å²) in [6.07, 6.45) is 4.79. The van der Waals surface area contributed by atoms with Crippen LogP contribution in [-0.4, -0.2) is 24.0 Å². The van der Waals surface area contributed by atoms with Crippen molar-refractivity contribution in [1.29, 1.82) is 0 Å². The molecule has 0 spiro atoms. The summed E-state index contributed by atoms with van der Waals surface area (Å²) in [5.41, 5.74) is 5.73. The van der Waals surface area contributed by atoms with Gasteiger partial charge in [0, 0.05) is 13.1 Å². The Morgan fingerprint density at radius 2 is 2.10 bits per heavy atom. The second-order valence-corrected chi connectivity index (χ2v) is 9.14. The standard InChI is InChI=1S/C14H24N4O2S/c1-13(2)9-5-6-14(3,7-9)12(13)17-21(19,20)11-10(15)16-8-18(11)4/h8-9,12,17H,5-7,15H2,1-4H3. The van der Waals surface area contributed by atoms with Gasteiger partial charge in [-0.25, -0.2) is 18.1 Å². The fourth-order valence-corrected chi connectivity index (χ4v) is 6.34. The van der Waals surface area contributed by atoms with Crippen molar-refractivity contribution in [2.45, 2.75) is 51.1 Å². The highest BCUT2D eigenvalue weighted by molar-refractivity contribution is 7.89. The Morgan fingerprint density at radius 1 is 1.43 bits per heavy atom. The van der Waals surface area contributed by atoms with E-state index in [2.05, 4.69) is 30.5 Å². The molecule has 2 bridgehead atoms. The third kappa shape index (κ3) is 2.01. The summed E-state index contributed by atoms with van der Waals surface area (Å²) in [6.45, 7) is 6.53. The Balaban J connectivity index is 1.97. The first-order valence-electron chi connectivity index (χ1n) is 7.37. The van der Waals surface area contributed by atoms with E-state index in [4.69, 9.17) is 5.73 Å². The molecule has 21 heavy (non-hydrogen) atoms. The van der Waals surface area contributed by atoms with Gasteiger partial charge in [-0.2, -0.15) is 0 Å². The van der Waals surface area contributed by atoms with Crippen molar-refractivity contribution < 1.29 is 8.42 Å². The van der Waals surface area contributed by atoms with Gasteiger partial charge in [0.25, 0.3) is 10.0 Å². The van der Waals surface area contributed by atoms with Gasteiger partial charge in [-0.1, -0.05) is 20.8 Å². The van der Waals surface area contributed by atoms with Gasteiger partial charge in [-0.3, -0.25) is 0 Å². The lowest BCUT2D eigenvalue weighted by atomic mass is 9.69. The number of nitrogens with one attached hydrogen (secondary N) is 1. The summed E-state index contributed by atoms with van der Waals surface area (Å²) >= 11 is 0. The van der Waals surface area contributed by atoms with Gasteiger partial charge >= 0.3 is 0 Å². The number of hydrogen-bond acceptors (Lipinski definition) is 4. The highest BCUT2D eigenvalue weighted by Crippen LogP contribution is 2.62. The highest BCUT2D eigenvalue weighted by atomic mass is 32.2. The summed E-state index contributed by atoms with van der Waals surface area (Å²) in [5.74, 6) is 0.634. The van der Waals surface area contributed by atoms with Crippen molar-refractivity contribution in [3.05, 3.63) is 6.33 Å². The maximum Gasteiger partial charge on any atom is 0.260 e. The number of hydrogen-bond donors (Lipinski definition) is 2. The Bertz CT molecular complexity index is 655. The van der Waals surface area contributed by atoms with Crippen LogP contribution in [0.3, 0.4) is 0 Å². The molecule has 2 fully saturated rings. The lowest BCUT2D eigenvalue weighted by molar-refractivity contribution is 0.127. The summed E-state index contributed by atoms with van der Waals surface area (Å²) in [7, 11) is -2.02. The summed E-state index contributed by atoms with van der Waals surface area (Å²) in [4.78, 5) is 3.88. The number of aromatic nitrogens is 2. The van der Waals surface area contributed by atoms with Crippen LogP contribution in [0.5, 0.6) is 0 Å². The Morgan fingerprint density at radius 3 is 2.57 bits per heavy atom. The maximum atomic E-state index is 12.7. The van der Waals surface area contributed by atoms with E-state index in [1.54, 1.807) is 7.05 Å². The van der Waals surface area contributed by atoms with Gasteiger partial charge in [0.15, 0.2) is 10.8 Å². The van der Waals surface area contributed by atoms with Crippen molar-refractivity contribution in [1.82, 2.24) is 14.3 Å². The van der Waals surface area contributed by atoms with Crippen molar-refractivity contribution in [2.75, 3.05) is 5.73 Å². The molecular formula is C14H24N4O2S. The van der Waals surface area contributed by atoms with Gasteiger partial charge < -0.3 is 10.3 Å². The maximum absolute atomic E-state index is 12.7. The molecule has 0 amide bonds. The molecule has 1 aromatic rings. The number of fused-ring (bicyclic) bond motifs is 2. The molecule has 118 valence electrons. The number of imidazole rings is 1. The largest absolute Gasteiger partial charge is 0.381 e. The van der Waals surface area contributed by atoms with E-state index in [1.165, 1.54) is 17.3 Å². The first kappa shape index (κ1) is 14.8. The van der Waals surface area contributed by atoms with Crippen LogP contribution < -0.4 is 10.5 Å². The zero-order valence-electron chi connectivity index (χ0n) is 13.0. The van der Waals surface area contributed by atoms with Crippen LogP contribution in [0.4, 0.5) is 5.82 Å². The van der Waals surface area contributed by atoms with E-state index >= 15 is 0 Å². The average molecular weight is 312 g/mol. The Kier molecular flexibility index (Phi) is 2.99. The normalized spacial score (nSPS) is 34.5. The predicted octanol–water partition coefficient (Wildman–Crippen LogP) is 1.50. The van der Waals surface area contributed by atoms with Crippen molar-refractivity contribution in [3.8, 4) is 0 Å². The topological polar surface area (TPSA) is 90.0 Å². The molecule has 0 saturated heterocycles. The summed E-state index contributed by atoms with van der Waals surface area (Å²) < 4.78 is 29.9. The van der Waals surface area contributed by atoms with Gasteiger partial charge in [0.05, 0.1) is 6.33 Å². The smallest absolute Gasteiger partial charge is 0.260 e. The molecule has 7 heteroatoms. The minimum Gasteiger partial charge on any atom is -0.381 e. The SMILES string of the molecule is Cn1cnc(N)c1S(=O)(=O)NC1C2(C)CCC(C2)C1(C)C. The fourth-order valence-electron chi connectivity index (χ4n) is 4.57. The van der Waals surface area contributed by atoms with Crippen molar-refractivity contribution in [2.24, 2.45) is 23.8 Å². The predicted molar refractivity (Wildman–Crippen MR) is 81.0 cm³/mol. The lowest BCUT2D eigenvalue weighted by Gasteiger charge is -2.42. The molecule has 3 rings (SSSR count). The molecule has 2 aliphatic carbocycles. The monoisotopic (exact) mass is 312 g/mol. The molecule has 0 aromatic carbocycles. The molecule has 3 atom stereocenters. The van der Waals surface area contributed by atoms with Crippen LogP contribution in [0.25, 0.3) is 0 Å². The zero-order valence-corrected chi connectivity index (χ0v) is 13.9. The van der Waals surface area contributed by atoms with Crippen molar-refractivity contribution >= 4 is 15.8 Å². The minimum atomic E-state index is -3.67. The molecular weight excluding hydrogens is 288 g/mol. The molecule has 0 aliphatic heterocycles. The quantitative estimate of drug-likeness (QED) is 0.885. The van der Waals surface area contributed by atoms with Gasteiger partial charge in [0.2, 0.25) is 0 Å². The summed E-state index contributed by atoms with van der Waals surface area (Å²) in [6, 6.07) is -0.0666. The first-order valence-corrected chi connectivity index (χ1v) is 8.85. The van der Waals surface area contributed by atoms with Gasteiger partial charge in [-0.05, 0) is 36.0 Å². The van der Waals surface area contributed by atoms with Crippen LogP contribution in [0, 0.1) is 16.7 Å². The molecule has 3 N–H and O–H groups in total. The van der Waals surface area contributed by atoms with Gasteiger partial charge in [-0.15, -0.1) is 0 Å². The lowest BCUT2D eigenvalue weighted by Crippen LogP contribution is -2.52. The third-order valence-electron chi connectivity index (χ3n) is 5.71. The van der Waals surface area contributed by atoms with Crippen LogP contribution >= 0.6 is 0 Å². The Labute approximate surface area is 126 Å². The molecule has 0 radical (unpaired) electrons. The Hall–Kier alpha value is -1.08. The van der Waals surface area contributed by atoms with Crippen LogP contribution in [0.1, 0.15) is 40.0 Å². The summed E-state index contributed by atoms with van der Waals surface area (Å²) in [5, 5.41) is 0.0599. The number of nitrogens with zero attached hydrogens (tertiary/aromatic N) is 2. The molecule has 6 nitrogen and oxygen atoms in total. The van der Waals surface area contributed by atoms with E-state index < -0.39 is 10.0 Å². The van der Waals surface area contributed by atoms with Crippen LogP contribution in [-0.2, 0) is 17.1 Å². The number of anilines is 1. The molecule has 2 aliphatic rings. The van der Waals surface area contributed by atoms with E-state index in [1.807, 2.05) is 0 Å². The molecule has 1 heterocycles. The molecule has 2 saturated carbocycles. The van der Waals surface area contributed by atoms with Gasteiger partial charge in [0.1, 0.15) is 0 Å². The van der Waals surface area contributed by atoms with E-state index in [0.29, 0.717) is 5.92 Å². The van der Waals surface area contributed by atoms with Crippen LogP contribution in [0.15, 0.2) is 11.4 Å². The fraction of sp³-hybridized carbons (Fsp3) is 0.786. The molecule has 3 unspecified atom stereocenters. The number of nitrogens with two attached hydrogens (primary N) is 1. The number of aryl methyl sites for hydroxylation is 1. The van der Waals surface area contributed by atoms with E-state index in [-0.39, 0.29) is 27.7 Å². The number of rotatable bonds is 3. The van der Waals surface area contributed by atoms with Crippen molar-refractivity contribution in [3.63, 3.8) is 0 Å². The second-order valence-electron chi connectivity index (χ2n) is 7.52. The average Bonchev–Trinajstić information content (AvgIpc) is 2.95. The zero-order chi connectivity index (χ0) is 15.6. The number of nitrogen functional groups attached to an aromatic ring is 1. The third-order valence-corrected chi connectivity index (χ3v) is 7.26. The number of sulfonamides is 1.